The maximum Gasteiger partial charge on any atom is 0.177 e. The lowest BCUT2D eigenvalue weighted by Gasteiger charge is -2.19. The monoisotopic (exact) mass is 402 g/mol. The van der Waals surface area contributed by atoms with Crippen molar-refractivity contribution in [3.05, 3.63) is 39.2 Å². The molecule has 0 aliphatic rings. The van der Waals surface area contributed by atoms with Crippen LogP contribution in [-0.4, -0.2) is 24.3 Å². The van der Waals surface area contributed by atoms with E-state index in [1.165, 1.54) is 29.3 Å². The van der Waals surface area contributed by atoms with Gasteiger partial charge in [0.15, 0.2) is 5.13 Å². The summed E-state index contributed by atoms with van der Waals surface area (Å²) in [4.78, 5) is 23.3. The van der Waals surface area contributed by atoms with E-state index in [0.717, 1.165) is 41.7 Å². The predicted octanol–water partition coefficient (Wildman–Crippen LogP) is 5.54. The van der Waals surface area contributed by atoms with E-state index >= 15 is 0 Å². The lowest BCUT2D eigenvalue weighted by molar-refractivity contribution is -0.109. The van der Waals surface area contributed by atoms with Crippen LogP contribution in [0.25, 0.3) is 9.75 Å². The van der Waals surface area contributed by atoms with Gasteiger partial charge in [-0.1, -0.05) is 6.42 Å². The van der Waals surface area contributed by atoms with Crippen LogP contribution in [-0.2, 0) is 11.2 Å². The summed E-state index contributed by atoms with van der Waals surface area (Å²) < 4.78 is 12.8. The smallest absolute Gasteiger partial charge is 0.177 e. The van der Waals surface area contributed by atoms with E-state index in [9.17, 15) is 9.18 Å². The Labute approximate surface area is 160 Å². The molecule has 0 amide bonds. The highest BCUT2D eigenvalue weighted by molar-refractivity contribution is 8.00. The normalized spacial score (nSPS) is 12.6. The lowest BCUT2D eigenvalue weighted by atomic mass is 10.0. The van der Waals surface area contributed by atoms with Gasteiger partial charge in [0, 0.05) is 27.0 Å². The van der Waals surface area contributed by atoms with Gasteiger partial charge in [0.25, 0.3) is 0 Å². The first kappa shape index (κ1) is 21.8. The third-order valence-electron chi connectivity index (χ3n) is 3.63. The molecular weight excluding hydrogens is 379 g/mol. The number of nitroso groups, excluding NO2 is 1. The van der Waals surface area contributed by atoms with Crippen molar-refractivity contribution >= 4 is 40.7 Å². The Hall–Kier alpha value is -1.25. The molecule has 0 spiro atoms. The van der Waals surface area contributed by atoms with Gasteiger partial charge < -0.3 is 4.79 Å². The third kappa shape index (κ3) is 7.66. The first-order valence-corrected chi connectivity index (χ1v) is 10.7. The van der Waals surface area contributed by atoms with E-state index in [-0.39, 0.29) is 9.88 Å². The zero-order valence-electron chi connectivity index (χ0n) is 14.6. The highest BCUT2D eigenvalue weighted by Gasteiger charge is 2.21. The number of nitrogens with one attached hydrogen (secondary N) is 1. The van der Waals surface area contributed by atoms with E-state index in [1.807, 2.05) is 24.7 Å². The van der Waals surface area contributed by atoms with Gasteiger partial charge in [0.2, 0.25) is 0 Å². The number of nitrogens with zero attached hydrogens (tertiary/aromatic N) is 1. The number of hydrogen-bond donors (Lipinski definition) is 1. The van der Waals surface area contributed by atoms with Gasteiger partial charge >= 0.3 is 0 Å². The topological polar surface area (TPSA) is 58.5 Å². The second kappa shape index (κ2) is 11.4. The Morgan fingerprint density at radius 1 is 1.24 bits per heavy atom. The number of thioether (sulfide) groups is 1. The summed E-state index contributed by atoms with van der Waals surface area (Å²) in [5.74, 6) is 0. The second-order valence-electron chi connectivity index (χ2n) is 5.53. The number of halogens is 1. The number of thiophene rings is 2. The summed E-state index contributed by atoms with van der Waals surface area (Å²) in [5, 5.41) is 2.10. The van der Waals surface area contributed by atoms with Crippen LogP contribution in [0.2, 0.25) is 0 Å². The van der Waals surface area contributed by atoms with Gasteiger partial charge in [0.1, 0.15) is 6.29 Å². The van der Waals surface area contributed by atoms with Crippen molar-refractivity contribution in [2.45, 2.75) is 37.4 Å². The minimum absolute atomic E-state index is 0.134. The number of unbranched alkanes of at least 4 members (excludes halogenated alkanes) is 1. The van der Waals surface area contributed by atoms with Gasteiger partial charge in [-0.25, -0.2) is 0 Å². The Morgan fingerprint density at radius 2 is 1.88 bits per heavy atom. The molecule has 2 aromatic rings. The maximum absolute atomic E-state index is 13.0. The first-order chi connectivity index (χ1) is 12.0. The van der Waals surface area contributed by atoms with Crippen LogP contribution in [0.4, 0.5) is 4.39 Å². The number of aryl methyl sites for hydroxylation is 1. The number of carbonyl (C=O) groups excluding carboxylic acids is 1. The van der Waals surface area contributed by atoms with Crippen LogP contribution in [0.1, 0.15) is 31.1 Å². The summed E-state index contributed by atoms with van der Waals surface area (Å²) in [7, 11) is 1.45. The van der Waals surface area contributed by atoms with Crippen molar-refractivity contribution in [3.63, 3.8) is 0 Å². The Kier molecular flexibility index (Phi) is 9.92. The van der Waals surface area contributed by atoms with Gasteiger partial charge in [0.05, 0.1) is 4.75 Å². The van der Waals surface area contributed by atoms with Crippen molar-refractivity contribution < 1.29 is 9.18 Å². The highest BCUT2D eigenvalue weighted by Crippen LogP contribution is 2.34. The maximum atomic E-state index is 13.0. The molecule has 0 saturated carbocycles. The average molecular weight is 403 g/mol. The Bertz CT molecular complexity index is 660. The van der Waals surface area contributed by atoms with Gasteiger partial charge in [-0.05, 0) is 56.7 Å². The number of aldehydes is 1. The van der Waals surface area contributed by atoms with Crippen molar-refractivity contribution in [3.8, 4) is 9.75 Å². The summed E-state index contributed by atoms with van der Waals surface area (Å²) in [6, 6.07) is 7.56. The molecular formula is C17H23FN2O2S3. The van der Waals surface area contributed by atoms with E-state index in [1.54, 1.807) is 23.1 Å². The van der Waals surface area contributed by atoms with E-state index in [4.69, 9.17) is 4.91 Å². The molecule has 0 aliphatic carbocycles. The largest absolute Gasteiger partial charge is 0.302 e. The first-order valence-electron chi connectivity index (χ1n) is 7.83. The second-order valence-corrected chi connectivity index (χ2v) is 9.07. The van der Waals surface area contributed by atoms with Crippen molar-refractivity contribution in [2.75, 3.05) is 13.3 Å². The predicted molar refractivity (Wildman–Crippen MR) is 108 cm³/mol. The molecule has 138 valence electrons. The summed E-state index contributed by atoms with van der Waals surface area (Å²) in [6.45, 7) is 2.00. The third-order valence-corrected chi connectivity index (χ3v) is 7.08. The fourth-order valence-corrected chi connectivity index (χ4v) is 4.39. The van der Waals surface area contributed by atoms with Crippen LogP contribution in [0.5, 0.6) is 0 Å². The van der Waals surface area contributed by atoms with Crippen LogP contribution in [0, 0.1) is 10.0 Å². The fraction of sp³-hybridized carbons (Fsp3) is 0.471. The van der Waals surface area contributed by atoms with Crippen molar-refractivity contribution in [2.24, 2.45) is 5.29 Å². The molecule has 0 saturated heterocycles. The molecule has 8 heteroatoms. The highest BCUT2D eigenvalue weighted by atomic mass is 32.2. The van der Waals surface area contributed by atoms with E-state index in [2.05, 4.69) is 17.4 Å². The Morgan fingerprint density at radius 3 is 2.40 bits per heavy atom. The molecule has 1 N–H and O–H groups in total. The zero-order valence-corrected chi connectivity index (χ0v) is 17.0. The van der Waals surface area contributed by atoms with Crippen molar-refractivity contribution in [1.82, 2.24) is 5.43 Å². The zero-order chi connectivity index (χ0) is 18.7. The molecule has 4 nitrogen and oxygen atoms in total. The lowest BCUT2D eigenvalue weighted by Crippen LogP contribution is -2.21. The molecule has 2 rings (SSSR count). The van der Waals surface area contributed by atoms with Crippen LogP contribution in [0.3, 0.4) is 0 Å². The number of carbonyl (C=O) groups is 1. The molecule has 1 atom stereocenters. The summed E-state index contributed by atoms with van der Waals surface area (Å²) in [5.41, 5.74) is 2.00. The molecule has 0 bridgehead atoms. The molecule has 0 aliphatic heterocycles. The van der Waals surface area contributed by atoms with E-state index in [0.29, 0.717) is 0 Å². The Balaban J connectivity index is 0.000000705. The minimum Gasteiger partial charge on any atom is -0.302 e. The van der Waals surface area contributed by atoms with Crippen molar-refractivity contribution in [1.29, 1.82) is 0 Å². The molecule has 1 unspecified atom stereocenters. The standard InChI is InChI=1S/C16H19FOS3.CH4N2O/c1-16(11-18,19-2)10-4-3-5-12-6-7-13(20-12)14-8-9-15(17)21-14;1-2-3-4/h6-9,11H,3-5,10H2,1-2H3;1H3,(H,2,4). The molecule has 2 aromatic heterocycles. The van der Waals surface area contributed by atoms with Gasteiger partial charge in [-0.3, -0.25) is 5.43 Å². The molecule has 0 fully saturated rings. The molecule has 25 heavy (non-hydrogen) atoms. The quantitative estimate of drug-likeness (QED) is 0.259. The van der Waals surface area contributed by atoms with Crippen LogP contribution in [0.15, 0.2) is 29.6 Å². The fourth-order valence-electron chi connectivity index (χ4n) is 2.08. The number of hydrogen-bond acceptors (Lipinski definition) is 6. The SMILES string of the molecule is CNN=O.CSC(C)(C=O)CCCCc1ccc(-c2ccc(F)s2)s1. The molecule has 2 heterocycles. The minimum atomic E-state index is -0.241. The van der Waals surface area contributed by atoms with Gasteiger partial charge in [-0.2, -0.15) is 16.2 Å². The van der Waals surface area contributed by atoms with Crippen LogP contribution >= 0.6 is 34.4 Å². The van der Waals surface area contributed by atoms with Gasteiger partial charge in [-0.15, -0.1) is 27.6 Å². The van der Waals surface area contributed by atoms with Crippen LogP contribution < -0.4 is 5.43 Å². The molecule has 0 radical (unpaired) electrons. The number of rotatable bonds is 9. The summed E-state index contributed by atoms with van der Waals surface area (Å²) in [6.07, 6.45) is 7.14. The van der Waals surface area contributed by atoms with E-state index < -0.39 is 0 Å². The summed E-state index contributed by atoms with van der Waals surface area (Å²) >= 11 is 4.55. The average Bonchev–Trinajstić information content (AvgIpc) is 3.27. The molecule has 0 aromatic carbocycles.